The maximum absolute atomic E-state index is 5.30. The second kappa shape index (κ2) is 21.2. The van der Waals surface area contributed by atoms with E-state index in [-0.39, 0.29) is 0 Å². The summed E-state index contributed by atoms with van der Waals surface area (Å²) in [5.41, 5.74) is 10.6. The smallest absolute Gasteiger partial charge is 0.0466 e. The lowest BCUT2D eigenvalue weighted by Gasteiger charge is -1.98. The fourth-order valence-corrected chi connectivity index (χ4v) is 1.16. The Morgan fingerprint density at radius 3 is 1.47 bits per heavy atom. The Morgan fingerprint density at radius 1 is 0.647 bits per heavy atom. The molecule has 0 radical (unpaired) electrons. The molecule has 0 spiro atoms. The summed E-state index contributed by atoms with van der Waals surface area (Å²) in [6.07, 6.45) is 5.68. The maximum atomic E-state index is 5.30. The van der Waals surface area contributed by atoms with Crippen LogP contribution in [-0.2, 0) is 9.47 Å². The summed E-state index contributed by atoms with van der Waals surface area (Å²) in [6.45, 7) is 9.04. The van der Waals surface area contributed by atoms with Crippen LogP contribution in [0.5, 0.6) is 0 Å². The highest BCUT2D eigenvalue weighted by Crippen LogP contribution is 1.92. The number of ether oxygens (including phenoxy) is 2. The lowest BCUT2D eigenvalue weighted by molar-refractivity contribution is 0.143. The van der Waals surface area contributed by atoms with Crippen molar-refractivity contribution in [3.63, 3.8) is 0 Å². The minimum atomic E-state index is 0.785. The Labute approximate surface area is 107 Å². The first-order chi connectivity index (χ1) is 8.33. The molecule has 0 aromatic heterocycles. The van der Waals surface area contributed by atoms with Crippen molar-refractivity contribution in [3.05, 3.63) is 0 Å². The Balaban J connectivity index is 0. The highest BCUT2D eigenvalue weighted by Gasteiger charge is 1.85. The predicted molar refractivity (Wildman–Crippen MR) is 74.2 cm³/mol. The number of rotatable bonds is 11. The van der Waals surface area contributed by atoms with Crippen LogP contribution in [0.15, 0.2) is 0 Å². The summed E-state index contributed by atoms with van der Waals surface area (Å²) in [4.78, 5) is 0. The van der Waals surface area contributed by atoms with Gasteiger partial charge in [0, 0.05) is 26.4 Å². The molecule has 4 nitrogen and oxygen atoms in total. The van der Waals surface area contributed by atoms with Gasteiger partial charge in [0.2, 0.25) is 0 Å². The van der Waals surface area contributed by atoms with Crippen LogP contribution in [0.1, 0.15) is 46.0 Å². The number of nitrogens with two attached hydrogens (primary N) is 2. The molecular formula is C13H32N2O2. The van der Waals surface area contributed by atoms with Gasteiger partial charge in [0.05, 0.1) is 0 Å². The molecule has 0 aliphatic carbocycles. The van der Waals surface area contributed by atoms with E-state index in [9.17, 15) is 0 Å². The molecule has 0 aliphatic rings. The van der Waals surface area contributed by atoms with Crippen molar-refractivity contribution in [1.82, 2.24) is 0 Å². The molecule has 0 fully saturated rings. The molecule has 0 saturated carbocycles. The monoisotopic (exact) mass is 248 g/mol. The van der Waals surface area contributed by atoms with E-state index in [0.717, 1.165) is 65.2 Å². The third-order valence-corrected chi connectivity index (χ3v) is 2.14. The minimum absolute atomic E-state index is 0.785. The first-order valence-corrected chi connectivity index (χ1v) is 6.89. The normalized spacial score (nSPS) is 9.88. The lowest BCUT2D eigenvalue weighted by Crippen LogP contribution is -2.01. The average Bonchev–Trinajstić information content (AvgIpc) is 2.36. The Morgan fingerprint density at radius 2 is 1.06 bits per heavy atom. The average molecular weight is 248 g/mol. The molecule has 0 aliphatic heterocycles. The second-order valence-corrected chi connectivity index (χ2v) is 3.74. The van der Waals surface area contributed by atoms with E-state index in [1.807, 2.05) is 13.8 Å². The number of hydrogen-bond acceptors (Lipinski definition) is 4. The molecule has 0 saturated heterocycles. The van der Waals surface area contributed by atoms with E-state index in [4.69, 9.17) is 20.9 Å². The van der Waals surface area contributed by atoms with E-state index >= 15 is 0 Å². The van der Waals surface area contributed by atoms with Gasteiger partial charge < -0.3 is 20.9 Å². The molecule has 0 amide bonds. The quantitative estimate of drug-likeness (QED) is 0.548. The molecule has 0 atom stereocenters. The van der Waals surface area contributed by atoms with Crippen LogP contribution in [0.3, 0.4) is 0 Å². The minimum Gasteiger partial charge on any atom is -0.382 e. The van der Waals surface area contributed by atoms with E-state index in [1.54, 1.807) is 0 Å². The van der Waals surface area contributed by atoms with Crippen LogP contribution in [0, 0.1) is 0 Å². The van der Waals surface area contributed by atoms with Gasteiger partial charge in [-0.3, -0.25) is 0 Å². The molecule has 0 heterocycles. The molecule has 0 bridgehead atoms. The predicted octanol–water partition coefficient (Wildman–Crippen LogP) is 1.91. The summed E-state index contributed by atoms with van der Waals surface area (Å²) < 4.78 is 10.2. The first-order valence-electron chi connectivity index (χ1n) is 6.89. The molecular weight excluding hydrogens is 216 g/mol. The van der Waals surface area contributed by atoms with Crippen LogP contribution in [-0.4, -0.2) is 39.5 Å². The van der Waals surface area contributed by atoms with Gasteiger partial charge in [-0.15, -0.1) is 0 Å². The zero-order chi connectivity index (χ0) is 13.2. The van der Waals surface area contributed by atoms with Crippen molar-refractivity contribution in [2.24, 2.45) is 11.5 Å². The van der Waals surface area contributed by atoms with Crippen LogP contribution in [0.2, 0.25) is 0 Å². The van der Waals surface area contributed by atoms with Gasteiger partial charge in [-0.05, 0) is 59.0 Å². The molecule has 4 heteroatoms. The lowest BCUT2D eigenvalue weighted by atomic mass is 10.2. The summed E-state index contributed by atoms with van der Waals surface area (Å²) in [7, 11) is 0. The van der Waals surface area contributed by atoms with Gasteiger partial charge in [-0.2, -0.15) is 0 Å². The Bertz CT molecular complexity index is 102. The van der Waals surface area contributed by atoms with Crippen molar-refractivity contribution < 1.29 is 9.47 Å². The van der Waals surface area contributed by atoms with E-state index in [0.29, 0.717) is 0 Å². The number of hydrogen-bond donors (Lipinski definition) is 2. The van der Waals surface area contributed by atoms with Crippen molar-refractivity contribution >= 4 is 0 Å². The summed E-state index contributed by atoms with van der Waals surface area (Å²) >= 11 is 0. The van der Waals surface area contributed by atoms with Gasteiger partial charge >= 0.3 is 0 Å². The van der Waals surface area contributed by atoms with Gasteiger partial charge in [-0.1, -0.05) is 0 Å². The fraction of sp³-hybridized carbons (Fsp3) is 1.00. The molecule has 17 heavy (non-hydrogen) atoms. The van der Waals surface area contributed by atoms with Crippen LogP contribution < -0.4 is 11.5 Å². The Kier molecular flexibility index (Phi) is 23.9. The van der Waals surface area contributed by atoms with Crippen LogP contribution >= 0.6 is 0 Å². The van der Waals surface area contributed by atoms with Crippen molar-refractivity contribution in [3.8, 4) is 0 Å². The molecule has 0 aromatic carbocycles. The fourth-order valence-electron chi connectivity index (χ4n) is 1.16. The maximum Gasteiger partial charge on any atom is 0.0466 e. The molecule has 106 valence electrons. The van der Waals surface area contributed by atoms with Crippen molar-refractivity contribution in [2.45, 2.75) is 46.0 Å². The van der Waals surface area contributed by atoms with Crippen molar-refractivity contribution in [2.75, 3.05) is 39.5 Å². The highest BCUT2D eigenvalue weighted by molar-refractivity contribution is 4.40. The van der Waals surface area contributed by atoms with Gasteiger partial charge in [0.25, 0.3) is 0 Å². The van der Waals surface area contributed by atoms with Crippen LogP contribution in [0.4, 0.5) is 0 Å². The van der Waals surface area contributed by atoms with Crippen LogP contribution in [0.25, 0.3) is 0 Å². The SMILES string of the molecule is CCOCCCCCN.CCOCCCCN. The standard InChI is InChI=1S/C7H17NO.C6H15NO/c1-2-9-7-5-3-4-6-8;1-2-8-6-4-3-5-7/h2-8H2,1H3;2-7H2,1H3. The zero-order valence-corrected chi connectivity index (χ0v) is 11.7. The topological polar surface area (TPSA) is 70.5 Å². The Hall–Kier alpha value is -0.160. The summed E-state index contributed by atoms with van der Waals surface area (Å²) in [5, 5.41) is 0. The van der Waals surface area contributed by atoms with Crippen molar-refractivity contribution in [1.29, 1.82) is 0 Å². The highest BCUT2D eigenvalue weighted by atomic mass is 16.5. The molecule has 0 aromatic rings. The third-order valence-electron chi connectivity index (χ3n) is 2.14. The largest absolute Gasteiger partial charge is 0.382 e. The molecule has 0 unspecified atom stereocenters. The number of unbranched alkanes of at least 4 members (excludes halogenated alkanes) is 3. The van der Waals surface area contributed by atoms with E-state index < -0.39 is 0 Å². The van der Waals surface area contributed by atoms with Gasteiger partial charge in [-0.25, -0.2) is 0 Å². The van der Waals surface area contributed by atoms with Gasteiger partial charge in [0.1, 0.15) is 0 Å². The first kappa shape index (κ1) is 19.2. The summed E-state index contributed by atoms with van der Waals surface area (Å²) in [6, 6.07) is 0. The summed E-state index contributed by atoms with van der Waals surface area (Å²) in [5.74, 6) is 0. The van der Waals surface area contributed by atoms with Gasteiger partial charge in [0.15, 0.2) is 0 Å². The zero-order valence-electron chi connectivity index (χ0n) is 11.7. The van der Waals surface area contributed by atoms with E-state index in [1.165, 1.54) is 6.42 Å². The molecule has 4 N–H and O–H groups in total. The third kappa shape index (κ3) is 25.8. The molecule has 0 rings (SSSR count). The van der Waals surface area contributed by atoms with E-state index in [2.05, 4.69) is 0 Å². The second-order valence-electron chi connectivity index (χ2n) is 3.74.